The van der Waals surface area contributed by atoms with Gasteiger partial charge in [-0.05, 0) is 185 Å². The standard InChI is InChI=1S/C23H26Cl2N4O2.C22H23Cl2N3O2.C21H21Cl2N3O3.C17H15Cl2N3.C5H8O3/c1-3-27-22(30)23(2,31)15-28-10-11-29(20-9-4-16(13-26)12-19(20)25)21(14-28)17-5-7-18(24)8-6-17;1-15(28)22(2,29)14-26-9-10-27(20-8-3-16(12-25)11-19(20)24)21(13-26)17-4-6-18(23)7-5-17;1-21(29,20(27)28)13-25-8-9-26(18-7-2-14(11-24)10-17(18)23)19(12-25)15-3-5-16(22)6-4-15;18-14-4-2-13(3-5-14)17-11-21-7-8-22(17)16-6-1-12(10-20)9-15(16)19;1-5(3-8-5)4(6)7-2/h4-9,12,21,31H,3,10-11,14-15H2,1-2H3,(H,27,30);3-8,11,21,29H,9-10,13-14H2,1-2H3;2-7,10,19,29H,8-9,12-13H2,1H3,(H,27,28);1-6,9,17,21H,7-8,11H2;3H2,1-2H3/t21-,23?;21-,22?;19-,21?;17-;/m0000./s1. The molecule has 8 aromatic rings. The lowest BCUT2D eigenvalue weighted by Crippen LogP contribution is -2.56. The van der Waals surface area contributed by atoms with Crippen LogP contribution in [-0.2, 0) is 28.7 Å². The van der Waals surface area contributed by atoms with Gasteiger partial charge in [0.1, 0.15) is 5.60 Å². The van der Waals surface area contributed by atoms with Gasteiger partial charge in [-0.3, -0.25) is 24.3 Å². The summed E-state index contributed by atoms with van der Waals surface area (Å²) >= 11 is 50.0. The van der Waals surface area contributed by atoms with E-state index in [1.165, 1.54) is 26.5 Å². The van der Waals surface area contributed by atoms with Crippen LogP contribution in [0.3, 0.4) is 0 Å². The highest BCUT2D eigenvalue weighted by Gasteiger charge is 2.49. The molecule has 13 rings (SSSR count). The van der Waals surface area contributed by atoms with Crippen LogP contribution < -0.4 is 30.2 Å². The van der Waals surface area contributed by atoms with Crippen LogP contribution in [0.2, 0.25) is 40.2 Å². The number of rotatable bonds is 19. The Morgan fingerprint density at radius 2 is 0.773 bits per heavy atom. The number of hydrogen-bond donors (Lipinski definition) is 6. The van der Waals surface area contributed by atoms with Crippen LogP contribution in [0.5, 0.6) is 0 Å². The highest BCUT2D eigenvalue weighted by Crippen LogP contribution is 2.42. The van der Waals surface area contributed by atoms with E-state index in [0.29, 0.717) is 129 Å². The lowest BCUT2D eigenvalue weighted by Gasteiger charge is -2.44. The average Bonchev–Trinajstić information content (AvgIpc) is 1.69. The number of benzene rings is 8. The molecule has 1 amide bonds. The van der Waals surface area contributed by atoms with Gasteiger partial charge >= 0.3 is 11.9 Å². The number of esters is 1. The highest BCUT2D eigenvalue weighted by molar-refractivity contribution is 6.35. The van der Waals surface area contributed by atoms with Crippen molar-refractivity contribution < 1.29 is 49.1 Å². The summed E-state index contributed by atoms with van der Waals surface area (Å²) in [4.78, 5) is 60.8. The number of aliphatic carboxylic acids is 1. The van der Waals surface area contributed by atoms with E-state index in [1.54, 1.807) is 63.2 Å². The number of likely N-dealkylation sites (N-methyl/N-ethyl adjacent to an activating group) is 1. The van der Waals surface area contributed by atoms with Crippen LogP contribution in [0, 0.1) is 45.3 Å². The number of methoxy groups -OCH3 is 1. The number of aliphatic hydroxyl groups is 3. The third kappa shape index (κ3) is 25.3. The number of β-amino-alcohol motifs (C(OH)–C–C–N with tert-alkyl or cyclic N) is 3. The summed E-state index contributed by atoms with van der Waals surface area (Å²) in [5.41, 5.74) is 4.51. The zero-order valence-electron chi connectivity index (χ0n) is 66.7. The quantitative estimate of drug-likeness (QED) is 0.0324. The van der Waals surface area contributed by atoms with Gasteiger partial charge in [0.05, 0.1) is 127 Å². The van der Waals surface area contributed by atoms with Gasteiger partial charge in [0, 0.05) is 125 Å². The molecule has 626 valence electrons. The number of piperazine rings is 4. The number of Topliss-reactive ketones (excluding diaryl/α,β-unsaturated/α-hetero) is 1. The van der Waals surface area contributed by atoms with Crippen molar-refractivity contribution in [2.24, 2.45) is 0 Å². The van der Waals surface area contributed by atoms with E-state index in [9.17, 15) is 39.6 Å². The number of ether oxygens (including phenoxy) is 2. The summed E-state index contributed by atoms with van der Waals surface area (Å²) in [6, 6.07) is 60.2. The highest BCUT2D eigenvalue weighted by atomic mass is 35.5. The van der Waals surface area contributed by atoms with Crippen molar-refractivity contribution in [1.29, 1.82) is 21.0 Å². The summed E-state index contributed by atoms with van der Waals surface area (Å²) in [5, 5.41) is 87.8. The molecule has 5 fully saturated rings. The summed E-state index contributed by atoms with van der Waals surface area (Å²) < 4.78 is 9.19. The molecule has 6 N–H and O–H groups in total. The van der Waals surface area contributed by atoms with Gasteiger partial charge in [-0.25, -0.2) is 9.59 Å². The molecule has 23 nitrogen and oxygen atoms in total. The average molecular weight is 1780 g/mol. The molecule has 0 aliphatic carbocycles. The summed E-state index contributed by atoms with van der Waals surface area (Å²) in [6.07, 6.45) is 0. The SMILES string of the molecule is CC(=O)C(C)(O)CN1CCN(c2ccc(C#N)cc2Cl)[C@H](c2ccc(Cl)cc2)C1.CC(O)(CN1CCN(c2ccc(C#N)cc2Cl)[C@H](c2ccc(Cl)cc2)C1)C(=O)O.CCNC(=O)C(C)(O)CN1CCN(c2ccc(C#N)cc2Cl)[C@H](c2ccc(Cl)cc2)C1.COC(=O)C1(C)CO1.N#Cc1ccc(N2CCNC[C@H]2c2ccc(Cl)cc2)c(Cl)c1. The summed E-state index contributed by atoms with van der Waals surface area (Å²) in [7, 11) is 1.36. The molecule has 5 saturated heterocycles. The Balaban J connectivity index is 0.000000176. The molecule has 0 radical (unpaired) electrons. The zero-order chi connectivity index (χ0) is 86.7. The molecule has 5 aliphatic heterocycles. The van der Waals surface area contributed by atoms with Gasteiger partial charge < -0.3 is 60.1 Å². The van der Waals surface area contributed by atoms with Crippen molar-refractivity contribution in [3.8, 4) is 24.3 Å². The Bertz CT molecular complexity index is 4880. The molecule has 8 atom stereocenters. The van der Waals surface area contributed by atoms with Gasteiger partial charge in [0.15, 0.2) is 22.6 Å². The zero-order valence-corrected chi connectivity index (χ0v) is 72.7. The molecule has 31 heteroatoms. The number of anilines is 4. The number of carbonyl (C=O) groups excluding carboxylic acids is 3. The summed E-state index contributed by atoms with van der Waals surface area (Å²) in [6.45, 7) is 18.9. The largest absolute Gasteiger partial charge is 0.479 e. The Morgan fingerprint density at radius 3 is 1.03 bits per heavy atom. The first kappa shape index (κ1) is 93.9. The second-order valence-corrected chi connectivity index (χ2v) is 33.5. The van der Waals surface area contributed by atoms with Crippen LogP contribution in [0.4, 0.5) is 22.7 Å². The van der Waals surface area contributed by atoms with Crippen molar-refractivity contribution in [3.05, 3.63) is 255 Å². The second-order valence-electron chi connectivity index (χ2n) is 30.1. The van der Waals surface area contributed by atoms with Crippen molar-refractivity contribution >= 4 is 139 Å². The van der Waals surface area contributed by atoms with Gasteiger partial charge in [0.25, 0.3) is 5.91 Å². The van der Waals surface area contributed by atoms with Crippen LogP contribution in [0.15, 0.2) is 170 Å². The van der Waals surface area contributed by atoms with Crippen molar-refractivity contribution in [2.75, 3.05) is 138 Å². The van der Waals surface area contributed by atoms with E-state index in [4.69, 9.17) is 119 Å². The van der Waals surface area contributed by atoms with Crippen LogP contribution in [0.1, 0.15) is 110 Å². The fraction of sp³-hybridized carbons (Fsp3) is 0.364. The van der Waals surface area contributed by atoms with E-state index in [-0.39, 0.29) is 61.5 Å². The van der Waals surface area contributed by atoms with Gasteiger partial charge in [-0.2, -0.15) is 21.0 Å². The third-order valence-electron chi connectivity index (χ3n) is 21.0. The minimum Gasteiger partial charge on any atom is -0.479 e. The van der Waals surface area contributed by atoms with Gasteiger partial charge in [-0.1, -0.05) is 141 Å². The predicted molar refractivity (Wildman–Crippen MR) is 468 cm³/mol. The molecular formula is C88H93Cl8N13O10. The number of carboxylic acid groups (broad SMARTS) is 1. The molecule has 119 heavy (non-hydrogen) atoms. The number of amides is 1. The lowest BCUT2D eigenvalue weighted by atomic mass is 9.97. The van der Waals surface area contributed by atoms with Crippen LogP contribution in [0.25, 0.3) is 0 Å². The molecule has 0 saturated carbocycles. The summed E-state index contributed by atoms with van der Waals surface area (Å²) in [5.74, 6) is -2.16. The van der Waals surface area contributed by atoms with Gasteiger partial charge in [0.2, 0.25) is 0 Å². The Kier molecular flexibility index (Phi) is 33.5. The molecule has 5 aliphatic rings. The van der Waals surface area contributed by atoms with Crippen LogP contribution in [-0.4, -0.2) is 200 Å². The van der Waals surface area contributed by atoms with Crippen molar-refractivity contribution in [1.82, 2.24) is 25.3 Å². The normalized spacial score (nSPS) is 20.0. The second kappa shape index (κ2) is 42.5. The molecule has 0 aromatic heterocycles. The monoisotopic (exact) mass is 1770 g/mol. The minimum atomic E-state index is -1.83. The van der Waals surface area contributed by atoms with E-state index in [0.717, 1.165) is 64.1 Å². The van der Waals surface area contributed by atoms with Crippen molar-refractivity contribution in [3.63, 3.8) is 0 Å². The fourth-order valence-electron chi connectivity index (χ4n) is 14.3. The first-order valence-electron chi connectivity index (χ1n) is 38.2. The maximum atomic E-state index is 12.3. The first-order valence-corrected chi connectivity index (χ1v) is 41.2. The molecular weight excluding hydrogens is 1680 g/mol. The number of nitriles is 4. The van der Waals surface area contributed by atoms with Crippen molar-refractivity contribution in [2.45, 2.75) is 88.1 Å². The topological polar surface area (TPSA) is 313 Å². The number of ketones is 1. The first-order chi connectivity index (χ1) is 56.5. The van der Waals surface area contributed by atoms with Gasteiger partial charge in [-0.15, -0.1) is 0 Å². The fourth-order valence-corrected chi connectivity index (χ4v) is 15.9. The molecule has 5 heterocycles. The van der Waals surface area contributed by atoms with E-state index >= 15 is 0 Å². The number of halogens is 8. The third-order valence-corrected chi connectivity index (χ3v) is 23.3. The lowest BCUT2D eigenvalue weighted by molar-refractivity contribution is -0.158. The van der Waals surface area contributed by atoms with Crippen LogP contribution >= 0.6 is 92.8 Å². The number of nitrogens with zero attached hydrogens (tertiary/aromatic N) is 11. The number of nitrogens with one attached hydrogen (secondary N) is 2. The number of hydrogen-bond acceptors (Lipinski definition) is 21. The molecule has 0 spiro atoms. The Morgan fingerprint density at radius 1 is 0.479 bits per heavy atom. The number of carbonyl (C=O) groups is 4. The van der Waals surface area contributed by atoms with E-state index < -0.39 is 28.4 Å². The van der Waals surface area contributed by atoms with E-state index in [1.807, 2.05) is 139 Å². The molecule has 0 bridgehead atoms. The molecule has 8 aromatic carbocycles. The Labute approximate surface area is 734 Å². The smallest absolute Gasteiger partial charge is 0.340 e. The van der Waals surface area contributed by atoms with E-state index in [2.05, 4.69) is 69.0 Å². The number of epoxide rings is 1. The maximum absolute atomic E-state index is 12.3. The maximum Gasteiger partial charge on any atom is 0.340 e. The molecule has 4 unspecified atom stereocenters. The minimum absolute atomic E-state index is 0.0152. The Hall–Kier alpha value is -9.00. The predicted octanol–water partition coefficient (Wildman–Crippen LogP) is 15.2. The number of carboxylic acids is 1.